The van der Waals surface area contributed by atoms with Crippen molar-refractivity contribution in [1.82, 2.24) is 10.3 Å². The average Bonchev–Trinajstić information content (AvgIpc) is 3.14. The summed E-state index contributed by atoms with van der Waals surface area (Å²) in [6, 6.07) is 9.56. The summed E-state index contributed by atoms with van der Waals surface area (Å²) in [7, 11) is 0. The van der Waals surface area contributed by atoms with Gasteiger partial charge in [0.15, 0.2) is 5.43 Å². The summed E-state index contributed by atoms with van der Waals surface area (Å²) >= 11 is 0. The highest BCUT2D eigenvalue weighted by atomic mass is 19.1. The van der Waals surface area contributed by atoms with E-state index >= 15 is 0 Å². The number of aromatic amines is 1. The SMILES string of the molecule is CC(C)(NC(=O)c1cc2[nH]c3ccccc3c(=O)c2cc1F)C1=CC2CCC(O)C2C=C1. The van der Waals surface area contributed by atoms with E-state index in [1.807, 2.05) is 32.1 Å². The molecule has 32 heavy (non-hydrogen) atoms. The van der Waals surface area contributed by atoms with Crippen molar-refractivity contribution in [1.29, 1.82) is 0 Å². The summed E-state index contributed by atoms with van der Waals surface area (Å²) in [4.78, 5) is 28.9. The van der Waals surface area contributed by atoms with Gasteiger partial charge in [-0.1, -0.05) is 30.4 Å². The summed E-state index contributed by atoms with van der Waals surface area (Å²) in [5.41, 5.74) is 0.857. The van der Waals surface area contributed by atoms with Crippen molar-refractivity contribution in [3.8, 4) is 0 Å². The van der Waals surface area contributed by atoms with E-state index in [-0.39, 0.29) is 34.3 Å². The Balaban J connectivity index is 1.47. The van der Waals surface area contributed by atoms with Crippen LogP contribution in [-0.2, 0) is 0 Å². The lowest BCUT2D eigenvalue weighted by atomic mass is 9.81. The molecule has 0 aliphatic heterocycles. The van der Waals surface area contributed by atoms with Crippen LogP contribution in [0.25, 0.3) is 21.8 Å². The second-order valence-electron chi connectivity index (χ2n) is 9.32. The number of carbonyl (C=O) groups excluding carboxylic acids is 1. The van der Waals surface area contributed by atoms with Crippen molar-refractivity contribution in [3.05, 3.63) is 81.8 Å². The van der Waals surface area contributed by atoms with Gasteiger partial charge in [-0.3, -0.25) is 9.59 Å². The molecule has 1 amide bonds. The molecule has 3 N–H and O–H groups in total. The van der Waals surface area contributed by atoms with E-state index in [9.17, 15) is 19.1 Å². The molecule has 2 aromatic carbocycles. The highest BCUT2D eigenvalue weighted by Crippen LogP contribution is 2.39. The minimum Gasteiger partial charge on any atom is -0.392 e. The fraction of sp³-hybridized carbons (Fsp3) is 0.308. The highest BCUT2D eigenvalue weighted by molar-refractivity contribution is 6.00. The number of H-pyrrole nitrogens is 1. The van der Waals surface area contributed by atoms with Crippen molar-refractivity contribution in [2.24, 2.45) is 11.8 Å². The van der Waals surface area contributed by atoms with E-state index < -0.39 is 17.3 Å². The number of amides is 1. The number of halogens is 1. The number of carbonyl (C=O) groups is 1. The topological polar surface area (TPSA) is 82.2 Å². The zero-order chi connectivity index (χ0) is 22.6. The Bertz CT molecular complexity index is 1370. The molecule has 5 rings (SSSR count). The summed E-state index contributed by atoms with van der Waals surface area (Å²) in [6.07, 6.45) is 7.42. The Hall–Kier alpha value is -3.25. The van der Waals surface area contributed by atoms with E-state index in [4.69, 9.17) is 0 Å². The molecule has 0 spiro atoms. The molecule has 0 radical (unpaired) electrons. The van der Waals surface area contributed by atoms with E-state index in [0.29, 0.717) is 16.4 Å². The maximum atomic E-state index is 14.9. The molecule has 5 nitrogen and oxygen atoms in total. The number of aliphatic hydroxyl groups is 1. The van der Waals surface area contributed by atoms with Crippen LogP contribution in [0.2, 0.25) is 0 Å². The van der Waals surface area contributed by atoms with Gasteiger partial charge >= 0.3 is 0 Å². The molecule has 3 atom stereocenters. The molecule has 3 aromatic rings. The Kier molecular flexibility index (Phi) is 4.78. The van der Waals surface area contributed by atoms with E-state index in [1.54, 1.807) is 18.2 Å². The number of pyridine rings is 1. The highest BCUT2D eigenvalue weighted by Gasteiger charge is 2.36. The van der Waals surface area contributed by atoms with E-state index in [2.05, 4.69) is 16.4 Å². The van der Waals surface area contributed by atoms with Crippen LogP contribution in [0, 0.1) is 17.7 Å². The lowest BCUT2D eigenvalue weighted by Crippen LogP contribution is -2.45. The van der Waals surface area contributed by atoms with Gasteiger partial charge in [-0.15, -0.1) is 0 Å². The molecule has 0 bridgehead atoms. The Labute approximate surface area is 184 Å². The van der Waals surface area contributed by atoms with E-state index in [0.717, 1.165) is 24.5 Å². The smallest absolute Gasteiger partial charge is 0.255 e. The minimum absolute atomic E-state index is 0.119. The van der Waals surface area contributed by atoms with Crippen molar-refractivity contribution < 1.29 is 14.3 Å². The molecule has 1 fully saturated rings. The van der Waals surface area contributed by atoms with Gasteiger partial charge in [-0.2, -0.15) is 0 Å². The van der Waals surface area contributed by atoms with Crippen molar-refractivity contribution in [2.45, 2.75) is 38.3 Å². The number of aromatic nitrogens is 1. The molecule has 164 valence electrons. The van der Waals surface area contributed by atoms with Crippen LogP contribution >= 0.6 is 0 Å². The summed E-state index contributed by atoms with van der Waals surface area (Å²) in [5.74, 6) is -0.920. The van der Waals surface area contributed by atoms with Gasteiger partial charge in [0.05, 0.1) is 22.7 Å². The van der Waals surface area contributed by atoms with Gasteiger partial charge in [0.1, 0.15) is 5.82 Å². The fourth-order valence-corrected chi connectivity index (χ4v) is 4.96. The molecule has 0 saturated heterocycles. The Morgan fingerprint density at radius 3 is 2.75 bits per heavy atom. The number of aliphatic hydroxyl groups excluding tert-OH is 1. The maximum Gasteiger partial charge on any atom is 0.255 e. The predicted octanol–water partition coefficient (Wildman–Crippen LogP) is 4.21. The minimum atomic E-state index is -0.737. The second kappa shape index (κ2) is 7.41. The maximum absolute atomic E-state index is 14.9. The number of para-hydroxylation sites is 1. The number of hydrogen-bond acceptors (Lipinski definition) is 3. The van der Waals surface area contributed by atoms with Crippen LogP contribution in [0.3, 0.4) is 0 Å². The zero-order valence-electron chi connectivity index (χ0n) is 18.0. The Morgan fingerprint density at radius 2 is 1.94 bits per heavy atom. The zero-order valence-corrected chi connectivity index (χ0v) is 18.0. The third-order valence-electron chi connectivity index (χ3n) is 6.81. The molecule has 2 aliphatic rings. The van der Waals surface area contributed by atoms with Crippen molar-refractivity contribution >= 4 is 27.7 Å². The van der Waals surface area contributed by atoms with Gasteiger partial charge < -0.3 is 15.4 Å². The van der Waals surface area contributed by atoms with Gasteiger partial charge in [0, 0.05) is 22.2 Å². The van der Waals surface area contributed by atoms with Crippen LogP contribution in [0.5, 0.6) is 0 Å². The normalized spacial score (nSPS) is 22.8. The van der Waals surface area contributed by atoms with Gasteiger partial charge in [0.25, 0.3) is 5.91 Å². The first-order chi connectivity index (χ1) is 15.2. The van der Waals surface area contributed by atoms with E-state index in [1.165, 1.54) is 6.07 Å². The summed E-state index contributed by atoms with van der Waals surface area (Å²) < 4.78 is 14.9. The predicted molar refractivity (Wildman–Crippen MR) is 123 cm³/mol. The number of rotatable bonds is 3. The molecule has 1 saturated carbocycles. The monoisotopic (exact) mass is 432 g/mol. The number of allylic oxidation sites excluding steroid dienone is 1. The number of fused-ring (bicyclic) bond motifs is 3. The quantitative estimate of drug-likeness (QED) is 0.542. The number of benzene rings is 2. The third-order valence-corrected chi connectivity index (χ3v) is 6.81. The van der Waals surface area contributed by atoms with Crippen LogP contribution in [-0.4, -0.2) is 27.6 Å². The van der Waals surface area contributed by atoms with Gasteiger partial charge in [0.2, 0.25) is 0 Å². The third kappa shape index (κ3) is 3.35. The fourth-order valence-electron chi connectivity index (χ4n) is 4.96. The summed E-state index contributed by atoms with van der Waals surface area (Å²) in [6.45, 7) is 3.75. The van der Waals surface area contributed by atoms with Gasteiger partial charge in [-0.25, -0.2) is 4.39 Å². The lowest BCUT2D eigenvalue weighted by molar-refractivity contribution is 0.0920. The first-order valence-corrected chi connectivity index (χ1v) is 10.9. The van der Waals surface area contributed by atoms with Crippen LogP contribution in [0.4, 0.5) is 4.39 Å². The van der Waals surface area contributed by atoms with Crippen molar-refractivity contribution in [2.75, 3.05) is 0 Å². The first kappa shape index (κ1) is 20.6. The second-order valence-corrected chi connectivity index (χ2v) is 9.32. The first-order valence-electron chi connectivity index (χ1n) is 10.9. The number of nitrogens with one attached hydrogen (secondary N) is 2. The lowest BCUT2D eigenvalue weighted by Gasteiger charge is -2.32. The van der Waals surface area contributed by atoms with Crippen LogP contribution in [0.15, 0.2) is 65.0 Å². The van der Waals surface area contributed by atoms with Gasteiger partial charge in [-0.05, 0) is 62.4 Å². The van der Waals surface area contributed by atoms with Crippen LogP contribution in [0.1, 0.15) is 37.0 Å². The average molecular weight is 432 g/mol. The molecule has 1 heterocycles. The molecule has 6 heteroatoms. The molecule has 1 aromatic heterocycles. The number of hydrogen-bond donors (Lipinski definition) is 3. The molecule has 3 unspecified atom stereocenters. The van der Waals surface area contributed by atoms with Crippen molar-refractivity contribution in [3.63, 3.8) is 0 Å². The standard InChI is InChI=1S/C26H25FN2O3/c1-26(2,15-8-9-16-14(11-15)7-10-23(16)30)29-25(32)18-13-22-19(12-20(18)27)24(31)17-5-3-4-6-21(17)28-22/h3-6,8-9,11-14,16,23,30H,7,10H2,1-2H3,(H,28,31)(H,29,32). The molecular weight excluding hydrogens is 407 g/mol. The molecule has 2 aliphatic carbocycles. The Morgan fingerprint density at radius 1 is 1.16 bits per heavy atom. The van der Waals surface area contributed by atoms with Crippen LogP contribution < -0.4 is 10.7 Å². The molecular formula is C26H25FN2O3. The largest absolute Gasteiger partial charge is 0.392 e. The summed E-state index contributed by atoms with van der Waals surface area (Å²) in [5, 5.41) is 13.7.